The van der Waals surface area contributed by atoms with Crippen LogP contribution in [0.2, 0.25) is 0 Å². The van der Waals surface area contributed by atoms with Crippen LogP contribution in [-0.2, 0) is 9.59 Å². The molecule has 0 saturated heterocycles. The second-order valence-electron chi connectivity index (χ2n) is 8.64. The van der Waals surface area contributed by atoms with Crippen molar-refractivity contribution in [3.8, 4) is 0 Å². The lowest BCUT2D eigenvalue weighted by Gasteiger charge is -2.39. The summed E-state index contributed by atoms with van der Waals surface area (Å²) in [7, 11) is 0. The number of carboxylic acids is 1. The van der Waals surface area contributed by atoms with E-state index in [1.54, 1.807) is 0 Å². The van der Waals surface area contributed by atoms with Gasteiger partial charge in [-0.05, 0) is 41.4 Å². The molecule has 2 N–H and O–H groups in total. The predicted octanol–water partition coefficient (Wildman–Crippen LogP) is 3.21. The van der Waals surface area contributed by atoms with Gasteiger partial charge in [-0.3, -0.25) is 9.59 Å². The van der Waals surface area contributed by atoms with E-state index in [1.165, 1.54) is 12.8 Å². The first kappa shape index (κ1) is 16.3. The highest BCUT2D eigenvalue weighted by atomic mass is 16.4. The van der Waals surface area contributed by atoms with Gasteiger partial charge in [-0.2, -0.15) is 0 Å². The van der Waals surface area contributed by atoms with Gasteiger partial charge in [0.2, 0.25) is 5.91 Å². The Balaban J connectivity index is 1.97. The van der Waals surface area contributed by atoms with Crippen molar-refractivity contribution in [2.45, 2.75) is 72.8 Å². The van der Waals surface area contributed by atoms with Crippen LogP contribution < -0.4 is 5.32 Å². The van der Waals surface area contributed by atoms with E-state index in [0.29, 0.717) is 5.92 Å². The molecule has 0 heterocycles. The summed E-state index contributed by atoms with van der Waals surface area (Å²) in [5.41, 5.74) is -0.0459. The maximum absolute atomic E-state index is 12.3. The van der Waals surface area contributed by atoms with Crippen molar-refractivity contribution in [3.63, 3.8) is 0 Å². The molecule has 3 unspecified atom stereocenters. The molecule has 1 amide bonds. The Hall–Kier alpha value is -1.06. The maximum Gasteiger partial charge on any atom is 0.303 e. The normalized spacial score (nSPS) is 34.0. The molecule has 120 valence electrons. The van der Waals surface area contributed by atoms with E-state index in [-0.39, 0.29) is 35.6 Å². The molecule has 21 heavy (non-hydrogen) atoms. The van der Waals surface area contributed by atoms with E-state index in [0.717, 1.165) is 6.42 Å². The van der Waals surface area contributed by atoms with Gasteiger partial charge in [0, 0.05) is 12.5 Å². The Labute approximate surface area is 127 Å². The second kappa shape index (κ2) is 4.99. The Bertz CT molecular complexity index is 455. The summed E-state index contributed by atoms with van der Waals surface area (Å²) < 4.78 is 0. The molecular weight excluding hydrogens is 266 g/mol. The Morgan fingerprint density at radius 3 is 2.29 bits per heavy atom. The highest BCUT2D eigenvalue weighted by molar-refractivity contribution is 5.78. The smallest absolute Gasteiger partial charge is 0.303 e. The standard InChI is InChI=1S/C17H29NO3/c1-15(2,10-14(20)21)9-13(19)18-12-8-11-6-7-17(12,5)16(11,3)4/h11-12H,6-10H2,1-5H3,(H,18,19)(H,20,21). The molecule has 2 aliphatic rings. The van der Waals surface area contributed by atoms with Gasteiger partial charge in [0.05, 0.1) is 6.42 Å². The van der Waals surface area contributed by atoms with E-state index < -0.39 is 11.4 Å². The van der Waals surface area contributed by atoms with Crippen molar-refractivity contribution in [3.05, 3.63) is 0 Å². The minimum absolute atomic E-state index is 0.00387. The van der Waals surface area contributed by atoms with Crippen LogP contribution in [0.15, 0.2) is 0 Å². The molecule has 4 heteroatoms. The zero-order valence-corrected chi connectivity index (χ0v) is 14.0. The van der Waals surface area contributed by atoms with E-state index in [1.807, 2.05) is 13.8 Å². The van der Waals surface area contributed by atoms with Gasteiger partial charge in [0.15, 0.2) is 0 Å². The highest BCUT2D eigenvalue weighted by Crippen LogP contribution is 2.65. The fourth-order valence-electron chi connectivity index (χ4n) is 4.57. The molecule has 0 aromatic rings. The fourth-order valence-corrected chi connectivity index (χ4v) is 4.57. The van der Waals surface area contributed by atoms with Gasteiger partial charge in [-0.1, -0.05) is 34.6 Å². The zero-order valence-electron chi connectivity index (χ0n) is 14.0. The van der Waals surface area contributed by atoms with Gasteiger partial charge >= 0.3 is 5.97 Å². The van der Waals surface area contributed by atoms with Crippen LogP contribution in [-0.4, -0.2) is 23.0 Å². The van der Waals surface area contributed by atoms with Crippen molar-refractivity contribution in [1.29, 1.82) is 0 Å². The quantitative estimate of drug-likeness (QED) is 0.818. The number of hydrogen-bond acceptors (Lipinski definition) is 2. The second-order valence-corrected chi connectivity index (χ2v) is 8.64. The summed E-state index contributed by atoms with van der Waals surface area (Å²) in [5.74, 6) is -0.156. The predicted molar refractivity (Wildman–Crippen MR) is 81.8 cm³/mol. The van der Waals surface area contributed by atoms with Crippen LogP contribution in [0.3, 0.4) is 0 Å². The van der Waals surface area contributed by atoms with Gasteiger partial charge in [-0.15, -0.1) is 0 Å². The summed E-state index contributed by atoms with van der Waals surface area (Å²) >= 11 is 0. The third kappa shape index (κ3) is 2.82. The average Bonchev–Trinajstić information content (AvgIpc) is 2.58. The molecule has 2 bridgehead atoms. The van der Waals surface area contributed by atoms with E-state index >= 15 is 0 Å². The van der Waals surface area contributed by atoms with Crippen LogP contribution in [0, 0.1) is 22.2 Å². The number of carbonyl (C=O) groups excluding carboxylic acids is 1. The third-order valence-electron chi connectivity index (χ3n) is 6.40. The lowest BCUT2D eigenvalue weighted by atomic mass is 9.69. The largest absolute Gasteiger partial charge is 0.481 e. The average molecular weight is 295 g/mol. The van der Waals surface area contributed by atoms with Gasteiger partial charge in [-0.25, -0.2) is 0 Å². The molecule has 3 atom stereocenters. The number of rotatable bonds is 5. The zero-order chi connectivity index (χ0) is 16.1. The number of nitrogens with one attached hydrogen (secondary N) is 1. The van der Waals surface area contributed by atoms with Crippen LogP contribution in [0.25, 0.3) is 0 Å². The number of fused-ring (bicyclic) bond motifs is 2. The van der Waals surface area contributed by atoms with Crippen LogP contribution >= 0.6 is 0 Å². The molecule has 2 rings (SSSR count). The Morgan fingerprint density at radius 2 is 1.86 bits per heavy atom. The van der Waals surface area contributed by atoms with Crippen LogP contribution in [0.1, 0.15) is 66.7 Å². The number of aliphatic carboxylic acids is 1. The van der Waals surface area contributed by atoms with Crippen molar-refractivity contribution in [1.82, 2.24) is 5.32 Å². The Kier molecular flexibility index (Phi) is 3.88. The van der Waals surface area contributed by atoms with E-state index in [4.69, 9.17) is 5.11 Å². The minimum atomic E-state index is -0.846. The van der Waals surface area contributed by atoms with Gasteiger partial charge < -0.3 is 10.4 Å². The van der Waals surface area contributed by atoms with Crippen LogP contribution in [0.4, 0.5) is 0 Å². The topological polar surface area (TPSA) is 66.4 Å². The lowest BCUT2D eigenvalue weighted by Crippen LogP contribution is -2.47. The molecule has 0 aromatic carbocycles. The number of hydrogen-bond donors (Lipinski definition) is 2. The van der Waals surface area contributed by atoms with Gasteiger partial charge in [0.1, 0.15) is 0 Å². The first-order valence-electron chi connectivity index (χ1n) is 7.99. The Morgan fingerprint density at radius 1 is 1.24 bits per heavy atom. The SMILES string of the molecule is CC(C)(CC(=O)O)CC(=O)NC1CC2CCC1(C)C2(C)C. The molecule has 0 aromatic heterocycles. The molecule has 2 saturated carbocycles. The lowest BCUT2D eigenvalue weighted by molar-refractivity contribution is -0.139. The van der Waals surface area contributed by atoms with Crippen molar-refractivity contribution in [2.75, 3.05) is 0 Å². The highest BCUT2D eigenvalue weighted by Gasteiger charge is 2.61. The first-order valence-corrected chi connectivity index (χ1v) is 7.99. The summed E-state index contributed by atoms with van der Waals surface area (Å²) in [4.78, 5) is 23.2. The van der Waals surface area contributed by atoms with Crippen LogP contribution in [0.5, 0.6) is 0 Å². The minimum Gasteiger partial charge on any atom is -0.481 e. The molecule has 0 spiro atoms. The van der Waals surface area contributed by atoms with Gasteiger partial charge in [0.25, 0.3) is 0 Å². The summed E-state index contributed by atoms with van der Waals surface area (Å²) in [6.07, 6.45) is 3.80. The number of carboxylic acid groups (broad SMARTS) is 1. The summed E-state index contributed by atoms with van der Waals surface area (Å²) in [5, 5.41) is 12.1. The molecule has 4 nitrogen and oxygen atoms in total. The molecule has 2 aliphatic carbocycles. The monoisotopic (exact) mass is 295 g/mol. The maximum atomic E-state index is 12.3. The third-order valence-corrected chi connectivity index (χ3v) is 6.40. The molecular formula is C17H29NO3. The molecule has 2 fully saturated rings. The first-order chi connectivity index (χ1) is 9.48. The fraction of sp³-hybridized carbons (Fsp3) is 0.882. The van der Waals surface area contributed by atoms with Crippen molar-refractivity contribution in [2.24, 2.45) is 22.2 Å². The molecule has 0 radical (unpaired) electrons. The number of amides is 1. The molecule has 0 aliphatic heterocycles. The summed E-state index contributed by atoms with van der Waals surface area (Å²) in [6.45, 7) is 10.6. The number of carbonyl (C=O) groups is 2. The summed E-state index contributed by atoms with van der Waals surface area (Å²) in [6, 6.07) is 0.236. The van der Waals surface area contributed by atoms with Crippen molar-refractivity contribution >= 4 is 11.9 Å². The van der Waals surface area contributed by atoms with Crippen molar-refractivity contribution < 1.29 is 14.7 Å². The van der Waals surface area contributed by atoms with E-state index in [9.17, 15) is 9.59 Å². The van der Waals surface area contributed by atoms with E-state index in [2.05, 4.69) is 26.1 Å².